The quantitative estimate of drug-likeness (QED) is 0.827. The highest BCUT2D eigenvalue weighted by Gasteiger charge is 2.54. The van der Waals surface area contributed by atoms with Crippen molar-refractivity contribution >= 4 is 11.8 Å². The zero-order valence-electron chi connectivity index (χ0n) is 16.7. The number of benzene rings is 1. The van der Waals surface area contributed by atoms with Gasteiger partial charge in [-0.1, -0.05) is 17.7 Å². The maximum atomic E-state index is 13.0. The Morgan fingerprint density at radius 1 is 1.11 bits per heavy atom. The summed E-state index contributed by atoms with van der Waals surface area (Å²) in [5, 5.41) is 2.92. The van der Waals surface area contributed by atoms with Gasteiger partial charge in [0.2, 0.25) is 5.91 Å². The van der Waals surface area contributed by atoms with Crippen LogP contribution in [0.3, 0.4) is 0 Å². The van der Waals surface area contributed by atoms with E-state index in [-0.39, 0.29) is 17.4 Å². The number of rotatable bonds is 6. The average molecular weight is 369 g/mol. The molecule has 5 rings (SSSR count). The Bertz CT molecular complexity index is 692. The molecule has 0 aliphatic heterocycles. The second-order valence-corrected chi connectivity index (χ2v) is 9.16. The molecule has 4 heteroatoms. The van der Waals surface area contributed by atoms with E-state index < -0.39 is 0 Å². The van der Waals surface area contributed by atoms with Gasteiger partial charge < -0.3 is 10.2 Å². The van der Waals surface area contributed by atoms with Crippen molar-refractivity contribution in [3.05, 3.63) is 35.4 Å². The molecule has 0 unspecified atom stereocenters. The smallest absolute Gasteiger partial charge is 0.251 e. The summed E-state index contributed by atoms with van der Waals surface area (Å²) in [6.45, 7) is 5.29. The van der Waals surface area contributed by atoms with Crippen molar-refractivity contribution in [3.8, 4) is 0 Å². The maximum absolute atomic E-state index is 13.0. The molecular weight excluding hydrogens is 336 g/mol. The van der Waals surface area contributed by atoms with Gasteiger partial charge in [0.1, 0.15) is 0 Å². The van der Waals surface area contributed by atoms with Crippen LogP contribution in [0.25, 0.3) is 0 Å². The Labute approximate surface area is 162 Å². The number of hydrogen-bond acceptors (Lipinski definition) is 2. The lowest BCUT2D eigenvalue weighted by atomic mass is 9.52. The summed E-state index contributed by atoms with van der Waals surface area (Å²) in [4.78, 5) is 27.5. The highest BCUT2D eigenvalue weighted by molar-refractivity contribution is 5.94. The number of nitrogens with zero attached hydrogens (tertiary/aromatic N) is 1. The standard InChI is InChI=1S/C23H32N2O2/c1-3-25(23-13-17-10-18(14-23)12-19(11-17)15-23)21(26)7-8-24-22(27)20-6-4-5-16(2)9-20/h4-6,9,17-19H,3,7-8,10-15H2,1-2H3,(H,24,27). The molecule has 4 fully saturated rings. The van der Waals surface area contributed by atoms with Crippen LogP contribution in [0.15, 0.2) is 24.3 Å². The average Bonchev–Trinajstić information content (AvgIpc) is 2.60. The summed E-state index contributed by atoms with van der Waals surface area (Å²) >= 11 is 0. The Hall–Kier alpha value is -1.84. The van der Waals surface area contributed by atoms with Gasteiger partial charge in [-0.2, -0.15) is 0 Å². The number of carbonyl (C=O) groups is 2. The van der Waals surface area contributed by atoms with Crippen molar-refractivity contribution in [2.45, 2.75) is 64.3 Å². The van der Waals surface area contributed by atoms with E-state index in [9.17, 15) is 9.59 Å². The van der Waals surface area contributed by atoms with Gasteiger partial charge in [-0.15, -0.1) is 0 Å². The second kappa shape index (κ2) is 7.29. The summed E-state index contributed by atoms with van der Waals surface area (Å²) in [5.74, 6) is 2.62. The Morgan fingerprint density at radius 3 is 2.30 bits per heavy atom. The van der Waals surface area contributed by atoms with Crippen LogP contribution in [0.5, 0.6) is 0 Å². The first-order valence-corrected chi connectivity index (χ1v) is 10.6. The minimum atomic E-state index is -0.0932. The first-order valence-electron chi connectivity index (χ1n) is 10.6. The minimum Gasteiger partial charge on any atom is -0.352 e. The van der Waals surface area contributed by atoms with E-state index in [2.05, 4.69) is 17.1 Å². The molecule has 4 nitrogen and oxygen atoms in total. The van der Waals surface area contributed by atoms with Crippen LogP contribution in [0, 0.1) is 24.7 Å². The molecule has 2 amide bonds. The van der Waals surface area contributed by atoms with E-state index >= 15 is 0 Å². The number of hydrogen-bond donors (Lipinski definition) is 1. The van der Waals surface area contributed by atoms with Crippen LogP contribution in [0.2, 0.25) is 0 Å². The van der Waals surface area contributed by atoms with Crippen LogP contribution in [0.1, 0.15) is 67.8 Å². The zero-order chi connectivity index (χ0) is 19.0. The molecular formula is C23H32N2O2. The normalized spacial score (nSPS) is 31.0. The largest absolute Gasteiger partial charge is 0.352 e. The molecule has 0 radical (unpaired) electrons. The van der Waals surface area contributed by atoms with Crippen LogP contribution in [0.4, 0.5) is 0 Å². The highest BCUT2D eigenvalue weighted by Crippen LogP contribution is 2.57. The predicted molar refractivity (Wildman–Crippen MR) is 106 cm³/mol. The molecule has 0 atom stereocenters. The summed E-state index contributed by atoms with van der Waals surface area (Å²) in [6, 6.07) is 7.56. The maximum Gasteiger partial charge on any atom is 0.251 e. The van der Waals surface area contributed by atoms with Gasteiger partial charge in [0.05, 0.1) is 0 Å². The Morgan fingerprint density at radius 2 is 1.74 bits per heavy atom. The lowest BCUT2D eigenvalue weighted by Crippen LogP contribution is -2.61. The van der Waals surface area contributed by atoms with Gasteiger partial charge >= 0.3 is 0 Å². The topological polar surface area (TPSA) is 49.4 Å². The van der Waals surface area contributed by atoms with Gasteiger partial charge in [-0.25, -0.2) is 0 Å². The van der Waals surface area contributed by atoms with Gasteiger partial charge in [0.15, 0.2) is 0 Å². The van der Waals surface area contributed by atoms with E-state index in [0.717, 1.165) is 29.9 Å². The fourth-order valence-electron chi connectivity index (χ4n) is 6.48. The highest BCUT2D eigenvalue weighted by atomic mass is 16.2. The number of amides is 2. The van der Waals surface area contributed by atoms with E-state index in [1.807, 2.05) is 31.2 Å². The van der Waals surface area contributed by atoms with Crippen molar-refractivity contribution in [2.24, 2.45) is 17.8 Å². The predicted octanol–water partition coefficient (Wildman–Crippen LogP) is 3.93. The van der Waals surface area contributed by atoms with E-state index in [4.69, 9.17) is 0 Å². The second-order valence-electron chi connectivity index (χ2n) is 9.16. The van der Waals surface area contributed by atoms with Gasteiger partial charge in [-0.3, -0.25) is 9.59 Å². The molecule has 0 aromatic heterocycles. The Balaban J connectivity index is 1.35. The molecule has 4 aliphatic rings. The fourth-order valence-corrected chi connectivity index (χ4v) is 6.48. The molecule has 1 aromatic rings. The summed E-state index contributed by atoms with van der Waals surface area (Å²) < 4.78 is 0. The van der Waals surface area contributed by atoms with Gasteiger partial charge in [0, 0.05) is 30.6 Å². The molecule has 4 aliphatic carbocycles. The first-order chi connectivity index (χ1) is 13.0. The molecule has 4 saturated carbocycles. The number of aryl methyl sites for hydroxylation is 1. The third-order valence-electron chi connectivity index (χ3n) is 7.10. The molecule has 1 N–H and O–H groups in total. The molecule has 4 bridgehead atoms. The van der Waals surface area contributed by atoms with Crippen LogP contribution >= 0.6 is 0 Å². The lowest BCUT2D eigenvalue weighted by Gasteiger charge is -2.60. The number of carbonyl (C=O) groups excluding carboxylic acids is 2. The van der Waals surface area contributed by atoms with E-state index in [0.29, 0.717) is 18.5 Å². The molecule has 146 valence electrons. The van der Waals surface area contributed by atoms with Crippen LogP contribution in [-0.2, 0) is 4.79 Å². The van der Waals surface area contributed by atoms with Crippen LogP contribution in [-0.4, -0.2) is 35.3 Å². The first kappa shape index (κ1) is 18.5. The summed E-state index contributed by atoms with van der Waals surface area (Å²) in [6.07, 6.45) is 8.16. The third kappa shape index (κ3) is 3.63. The lowest BCUT2D eigenvalue weighted by molar-refractivity contribution is -0.150. The van der Waals surface area contributed by atoms with Crippen LogP contribution < -0.4 is 5.32 Å². The molecule has 1 aromatic carbocycles. The van der Waals surface area contributed by atoms with E-state index in [1.165, 1.54) is 38.5 Å². The molecule has 27 heavy (non-hydrogen) atoms. The molecule has 0 heterocycles. The van der Waals surface area contributed by atoms with Gasteiger partial charge in [0.25, 0.3) is 5.91 Å². The Kier molecular flexibility index (Phi) is 5.00. The van der Waals surface area contributed by atoms with Crippen molar-refractivity contribution in [3.63, 3.8) is 0 Å². The molecule has 0 saturated heterocycles. The molecule has 0 spiro atoms. The van der Waals surface area contributed by atoms with E-state index in [1.54, 1.807) is 0 Å². The number of nitrogens with one attached hydrogen (secondary N) is 1. The third-order valence-corrected chi connectivity index (χ3v) is 7.10. The zero-order valence-corrected chi connectivity index (χ0v) is 16.7. The van der Waals surface area contributed by atoms with Gasteiger partial charge in [-0.05, 0) is 82.3 Å². The minimum absolute atomic E-state index is 0.0932. The monoisotopic (exact) mass is 368 g/mol. The summed E-state index contributed by atoms with van der Waals surface area (Å²) in [5.41, 5.74) is 1.84. The van der Waals surface area contributed by atoms with Crippen molar-refractivity contribution < 1.29 is 9.59 Å². The SMILES string of the molecule is CCN(C(=O)CCNC(=O)c1cccc(C)c1)C12CC3CC(CC(C3)C1)C2. The van der Waals surface area contributed by atoms with Crippen molar-refractivity contribution in [1.29, 1.82) is 0 Å². The van der Waals surface area contributed by atoms with Crippen molar-refractivity contribution in [1.82, 2.24) is 10.2 Å². The summed E-state index contributed by atoms with van der Waals surface area (Å²) in [7, 11) is 0. The fraction of sp³-hybridized carbons (Fsp3) is 0.652. The van der Waals surface area contributed by atoms with Crippen molar-refractivity contribution in [2.75, 3.05) is 13.1 Å².